The second kappa shape index (κ2) is 5.98. The average Bonchev–Trinajstić information content (AvgIpc) is 3.24. The van der Waals surface area contributed by atoms with Gasteiger partial charge in [-0.05, 0) is 50.6 Å². The molecule has 4 rings (SSSR count). The molecule has 0 aliphatic carbocycles. The lowest BCUT2D eigenvalue weighted by Gasteiger charge is -2.11. The number of H-pyrrole nitrogens is 1. The highest BCUT2D eigenvalue weighted by Gasteiger charge is 2.20. The second-order valence-electron chi connectivity index (χ2n) is 6.67. The van der Waals surface area contributed by atoms with Gasteiger partial charge in [-0.25, -0.2) is 9.78 Å². The van der Waals surface area contributed by atoms with E-state index < -0.39 is 0 Å². The maximum Gasteiger partial charge on any atom is 0.338 e. The standard InChI is InChI=1S/C20H20N4O2/c1-11(2)24-17-9-14(15-7-13-5-6-21-19(13)22-10-15)8-16(20(25)26-4)18(17)12(3)23-24/h5-11H,1-4H3,(H,21,22). The Labute approximate surface area is 150 Å². The van der Waals surface area contributed by atoms with Gasteiger partial charge in [0.25, 0.3) is 0 Å². The van der Waals surface area contributed by atoms with Crippen molar-refractivity contribution in [3.63, 3.8) is 0 Å². The number of methoxy groups -OCH3 is 1. The van der Waals surface area contributed by atoms with Gasteiger partial charge in [0.2, 0.25) is 0 Å². The number of esters is 1. The van der Waals surface area contributed by atoms with Crippen LogP contribution in [0.5, 0.6) is 0 Å². The summed E-state index contributed by atoms with van der Waals surface area (Å²) in [7, 11) is 1.40. The van der Waals surface area contributed by atoms with Crippen molar-refractivity contribution in [1.29, 1.82) is 0 Å². The molecule has 132 valence electrons. The maximum absolute atomic E-state index is 12.4. The summed E-state index contributed by atoms with van der Waals surface area (Å²) in [5.74, 6) is -0.362. The molecule has 0 aliphatic heterocycles. The number of hydrogen-bond acceptors (Lipinski definition) is 4. The Balaban J connectivity index is 2.03. The first-order chi connectivity index (χ1) is 12.5. The highest BCUT2D eigenvalue weighted by molar-refractivity contribution is 6.06. The number of fused-ring (bicyclic) bond motifs is 2. The van der Waals surface area contributed by atoms with Crippen LogP contribution in [0, 0.1) is 6.92 Å². The van der Waals surface area contributed by atoms with Crippen LogP contribution < -0.4 is 0 Å². The Morgan fingerprint density at radius 1 is 1.23 bits per heavy atom. The number of aromatic amines is 1. The minimum Gasteiger partial charge on any atom is -0.465 e. The van der Waals surface area contributed by atoms with Crippen molar-refractivity contribution in [3.8, 4) is 11.1 Å². The minimum absolute atomic E-state index is 0.178. The zero-order valence-corrected chi connectivity index (χ0v) is 15.2. The van der Waals surface area contributed by atoms with Crippen LogP contribution in [0.1, 0.15) is 35.9 Å². The molecule has 6 nitrogen and oxygen atoms in total. The number of nitrogens with one attached hydrogen (secondary N) is 1. The summed E-state index contributed by atoms with van der Waals surface area (Å²) in [6.45, 7) is 6.06. The summed E-state index contributed by atoms with van der Waals surface area (Å²) in [4.78, 5) is 20.0. The van der Waals surface area contributed by atoms with Gasteiger partial charge in [0, 0.05) is 34.8 Å². The van der Waals surface area contributed by atoms with Gasteiger partial charge >= 0.3 is 5.97 Å². The fourth-order valence-electron chi connectivity index (χ4n) is 3.38. The van der Waals surface area contributed by atoms with Crippen molar-refractivity contribution >= 4 is 27.9 Å². The summed E-state index contributed by atoms with van der Waals surface area (Å²) >= 11 is 0. The lowest BCUT2D eigenvalue weighted by Crippen LogP contribution is -2.05. The van der Waals surface area contributed by atoms with Gasteiger partial charge in [0.15, 0.2) is 0 Å². The predicted molar refractivity (Wildman–Crippen MR) is 101 cm³/mol. The minimum atomic E-state index is -0.362. The number of nitrogens with zero attached hydrogens (tertiary/aromatic N) is 3. The first kappa shape index (κ1) is 16.3. The number of benzene rings is 1. The molecule has 0 atom stereocenters. The van der Waals surface area contributed by atoms with Gasteiger partial charge in [-0.3, -0.25) is 4.68 Å². The fraction of sp³-hybridized carbons (Fsp3) is 0.250. The van der Waals surface area contributed by atoms with Gasteiger partial charge in [0.05, 0.1) is 23.9 Å². The number of aromatic nitrogens is 4. The molecule has 0 aliphatic rings. The van der Waals surface area contributed by atoms with Gasteiger partial charge in [-0.1, -0.05) is 0 Å². The van der Waals surface area contributed by atoms with E-state index >= 15 is 0 Å². The first-order valence-electron chi connectivity index (χ1n) is 8.54. The van der Waals surface area contributed by atoms with E-state index in [0.717, 1.165) is 38.8 Å². The van der Waals surface area contributed by atoms with E-state index in [1.54, 1.807) is 0 Å². The van der Waals surface area contributed by atoms with Crippen molar-refractivity contribution in [3.05, 3.63) is 47.9 Å². The van der Waals surface area contributed by atoms with Crippen LogP contribution in [0.15, 0.2) is 36.7 Å². The normalized spacial score (nSPS) is 11.6. The van der Waals surface area contributed by atoms with Gasteiger partial charge in [-0.2, -0.15) is 5.10 Å². The molecule has 1 N–H and O–H groups in total. The van der Waals surface area contributed by atoms with Crippen molar-refractivity contribution in [2.75, 3.05) is 7.11 Å². The molecule has 0 spiro atoms. The van der Waals surface area contributed by atoms with Crippen LogP contribution in [0.3, 0.4) is 0 Å². The summed E-state index contributed by atoms with van der Waals surface area (Å²) in [6.07, 6.45) is 3.67. The fourth-order valence-corrected chi connectivity index (χ4v) is 3.38. The topological polar surface area (TPSA) is 72.8 Å². The number of carbonyl (C=O) groups is 1. The van der Waals surface area contributed by atoms with Gasteiger partial charge in [-0.15, -0.1) is 0 Å². The Kier molecular flexibility index (Phi) is 3.76. The quantitative estimate of drug-likeness (QED) is 0.562. The van der Waals surface area contributed by atoms with Crippen molar-refractivity contribution in [2.45, 2.75) is 26.8 Å². The molecule has 0 amide bonds. The highest BCUT2D eigenvalue weighted by atomic mass is 16.5. The molecule has 0 saturated carbocycles. The number of carbonyl (C=O) groups excluding carboxylic acids is 1. The molecule has 4 aromatic rings. The van der Waals surface area contributed by atoms with E-state index in [9.17, 15) is 4.79 Å². The maximum atomic E-state index is 12.4. The lowest BCUT2D eigenvalue weighted by atomic mass is 9.99. The van der Waals surface area contributed by atoms with Crippen LogP contribution >= 0.6 is 0 Å². The average molecular weight is 348 g/mol. The van der Waals surface area contributed by atoms with E-state index in [4.69, 9.17) is 4.74 Å². The SMILES string of the molecule is COC(=O)c1cc(-c2cnc3[nH]ccc3c2)cc2c1c(C)nn2C(C)C. The summed E-state index contributed by atoms with van der Waals surface area (Å²) < 4.78 is 6.97. The van der Waals surface area contributed by atoms with Crippen molar-refractivity contribution in [1.82, 2.24) is 19.7 Å². The number of aryl methyl sites for hydroxylation is 1. The zero-order chi connectivity index (χ0) is 18.4. The van der Waals surface area contributed by atoms with Crippen molar-refractivity contribution in [2.24, 2.45) is 0 Å². The molecule has 6 heteroatoms. The molecular weight excluding hydrogens is 328 g/mol. The summed E-state index contributed by atoms with van der Waals surface area (Å²) in [5.41, 5.74) is 4.96. The van der Waals surface area contributed by atoms with Gasteiger partial charge < -0.3 is 9.72 Å². The van der Waals surface area contributed by atoms with Gasteiger partial charge in [0.1, 0.15) is 5.65 Å². The number of pyridine rings is 1. The number of ether oxygens (including phenoxy) is 1. The second-order valence-corrected chi connectivity index (χ2v) is 6.67. The molecule has 0 bridgehead atoms. The van der Waals surface area contributed by atoms with E-state index in [1.165, 1.54) is 7.11 Å². The molecule has 26 heavy (non-hydrogen) atoms. The van der Waals surface area contributed by atoms with Crippen LogP contribution in [0.2, 0.25) is 0 Å². The van der Waals surface area contributed by atoms with Crippen LogP contribution in [-0.2, 0) is 4.74 Å². The van der Waals surface area contributed by atoms with Crippen molar-refractivity contribution < 1.29 is 9.53 Å². The van der Waals surface area contributed by atoms with Crippen LogP contribution in [0.4, 0.5) is 0 Å². The van der Waals surface area contributed by atoms with E-state index in [0.29, 0.717) is 5.56 Å². The largest absolute Gasteiger partial charge is 0.465 e. The van der Waals surface area contributed by atoms with Crippen LogP contribution in [-0.4, -0.2) is 32.8 Å². The predicted octanol–water partition coefficient (Wildman–Crippen LogP) is 4.26. The molecule has 0 fully saturated rings. The summed E-state index contributed by atoms with van der Waals surface area (Å²) in [6, 6.07) is 8.15. The third-order valence-electron chi connectivity index (χ3n) is 4.61. The van der Waals surface area contributed by atoms with E-state index in [2.05, 4.69) is 41.0 Å². The Morgan fingerprint density at radius 3 is 2.77 bits per heavy atom. The first-order valence-corrected chi connectivity index (χ1v) is 8.54. The molecule has 1 aromatic carbocycles. The number of rotatable bonds is 3. The molecular formula is C20H20N4O2. The molecule has 0 saturated heterocycles. The number of hydrogen-bond donors (Lipinski definition) is 1. The van der Waals surface area contributed by atoms with Crippen LogP contribution in [0.25, 0.3) is 33.1 Å². The molecule has 0 unspecified atom stereocenters. The zero-order valence-electron chi connectivity index (χ0n) is 15.2. The van der Waals surface area contributed by atoms with E-state index in [1.807, 2.05) is 36.1 Å². The smallest absolute Gasteiger partial charge is 0.338 e. The highest BCUT2D eigenvalue weighted by Crippen LogP contribution is 2.32. The Bertz CT molecular complexity index is 1140. The Morgan fingerprint density at radius 2 is 2.04 bits per heavy atom. The molecule has 3 aromatic heterocycles. The molecule has 3 heterocycles. The van der Waals surface area contributed by atoms with E-state index in [-0.39, 0.29) is 12.0 Å². The monoisotopic (exact) mass is 348 g/mol. The Hall–Kier alpha value is -3.15. The third-order valence-corrected chi connectivity index (χ3v) is 4.61. The summed E-state index contributed by atoms with van der Waals surface area (Å²) in [5, 5.41) is 6.49. The third kappa shape index (κ3) is 2.45. The molecule has 0 radical (unpaired) electrons. The lowest BCUT2D eigenvalue weighted by molar-refractivity contribution is 0.0603.